The van der Waals surface area contributed by atoms with Crippen LogP contribution in [0.5, 0.6) is 0 Å². The van der Waals surface area contributed by atoms with Crippen LogP contribution >= 0.6 is 0 Å². The molecule has 1 aromatic rings. The first kappa shape index (κ1) is 21.7. The van der Waals surface area contributed by atoms with Crippen molar-refractivity contribution in [1.82, 2.24) is 0 Å². The molecular formula is C30H47NSi. The van der Waals surface area contributed by atoms with Gasteiger partial charge in [-0.05, 0) is 85.4 Å². The molecule has 176 valence electrons. The number of anilines is 1. The number of nitrogens with zero attached hydrogens (tertiary/aromatic N) is 1. The molecule has 1 aliphatic heterocycles. The number of hydrogen-bond donors (Lipinski definition) is 0. The molecule has 0 N–H and O–H groups in total. The number of fused-ring (bicyclic) bond motifs is 5. The third-order valence-corrected chi connectivity index (χ3v) is 16.7. The smallest absolute Gasteiger partial charge is 0.0542 e. The lowest BCUT2D eigenvalue weighted by Gasteiger charge is -2.47. The predicted molar refractivity (Wildman–Crippen MR) is 140 cm³/mol. The second kappa shape index (κ2) is 8.17. The minimum Gasteiger partial charge on any atom is -0.365 e. The second-order valence-electron chi connectivity index (χ2n) is 13.4. The third-order valence-electron chi connectivity index (χ3n) is 11.5. The Hall–Kier alpha value is -0.763. The molecule has 8 unspecified atom stereocenters. The Labute approximate surface area is 198 Å². The van der Waals surface area contributed by atoms with Crippen molar-refractivity contribution in [3.63, 3.8) is 0 Å². The summed E-state index contributed by atoms with van der Waals surface area (Å²) in [5.41, 5.74) is 5.18. The molecule has 2 heteroatoms. The van der Waals surface area contributed by atoms with Crippen LogP contribution in [0.25, 0.3) is 0 Å². The van der Waals surface area contributed by atoms with Crippen LogP contribution in [0.15, 0.2) is 24.3 Å². The van der Waals surface area contributed by atoms with Crippen LogP contribution in [0.1, 0.15) is 83.1 Å². The zero-order valence-corrected chi connectivity index (χ0v) is 22.2. The summed E-state index contributed by atoms with van der Waals surface area (Å²) in [4.78, 5) is 3.07. The minimum absolute atomic E-state index is 0.822. The lowest BCUT2D eigenvalue weighted by Crippen LogP contribution is -2.46. The van der Waals surface area contributed by atoms with Gasteiger partial charge in [0.05, 0.1) is 8.07 Å². The molecule has 4 aliphatic carbocycles. The average molecular weight is 450 g/mol. The van der Waals surface area contributed by atoms with Crippen LogP contribution in [-0.2, 0) is 0 Å². The maximum Gasteiger partial charge on any atom is 0.0542 e. The van der Waals surface area contributed by atoms with Gasteiger partial charge in [-0.15, -0.1) is 0 Å². The number of hydrogen-bond acceptors (Lipinski definition) is 1. The first-order chi connectivity index (χ1) is 15.5. The Balaban J connectivity index is 1.45. The van der Waals surface area contributed by atoms with E-state index in [4.69, 9.17) is 0 Å². The van der Waals surface area contributed by atoms with Crippen molar-refractivity contribution in [3.05, 3.63) is 29.8 Å². The summed E-state index contributed by atoms with van der Waals surface area (Å²) in [6.07, 6.45) is 16.7. The Bertz CT molecular complexity index is 809. The summed E-state index contributed by atoms with van der Waals surface area (Å²) < 4.78 is 0. The van der Waals surface area contributed by atoms with Crippen LogP contribution in [-0.4, -0.2) is 20.2 Å². The van der Waals surface area contributed by atoms with E-state index >= 15 is 0 Å². The topological polar surface area (TPSA) is 3.24 Å². The molecule has 0 radical (unpaired) electrons. The van der Waals surface area contributed by atoms with Crippen LogP contribution < -0.4 is 4.90 Å². The molecule has 1 heterocycles. The molecule has 5 fully saturated rings. The molecule has 1 nitrogen and oxygen atoms in total. The standard InChI is InChI=1S/C30H47NSi/c1-20-13-16-22(17-14-20)31-27-18-15-21(2)19-26(27)28-29(31)24-11-7-8-12-25(24)30(28)32(3,4)23-9-5-6-10-23/h13-14,16-17,21,23-30H,5-12,15,18-19H2,1-4H3. The van der Waals surface area contributed by atoms with Crippen molar-refractivity contribution in [2.45, 2.75) is 121 Å². The molecule has 0 aromatic heterocycles. The highest BCUT2D eigenvalue weighted by Crippen LogP contribution is 2.67. The predicted octanol–water partition coefficient (Wildman–Crippen LogP) is 8.45. The number of rotatable bonds is 3. The highest BCUT2D eigenvalue weighted by molar-refractivity contribution is 6.80. The molecular weight excluding hydrogens is 402 g/mol. The molecule has 0 amide bonds. The van der Waals surface area contributed by atoms with E-state index in [-0.39, 0.29) is 0 Å². The van der Waals surface area contributed by atoms with Crippen molar-refractivity contribution in [3.8, 4) is 0 Å². The van der Waals surface area contributed by atoms with E-state index in [2.05, 4.69) is 56.1 Å². The molecule has 32 heavy (non-hydrogen) atoms. The van der Waals surface area contributed by atoms with Gasteiger partial charge < -0.3 is 4.90 Å². The normalized spacial score (nSPS) is 42.1. The molecule has 5 aliphatic rings. The molecule has 0 spiro atoms. The monoisotopic (exact) mass is 449 g/mol. The number of aryl methyl sites for hydroxylation is 1. The van der Waals surface area contributed by atoms with Gasteiger partial charge >= 0.3 is 0 Å². The largest absolute Gasteiger partial charge is 0.365 e. The van der Waals surface area contributed by atoms with Gasteiger partial charge in [-0.1, -0.05) is 82.7 Å². The Kier molecular flexibility index (Phi) is 5.55. The molecule has 1 saturated heterocycles. The highest BCUT2D eigenvalue weighted by Gasteiger charge is 2.66. The van der Waals surface area contributed by atoms with E-state index in [1.807, 2.05) is 0 Å². The van der Waals surface area contributed by atoms with Crippen molar-refractivity contribution in [1.29, 1.82) is 0 Å². The van der Waals surface area contributed by atoms with Gasteiger partial charge in [0.2, 0.25) is 0 Å². The molecule has 8 atom stereocenters. The SMILES string of the molecule is Cc1ccc(N2C3CCC(C)CC3C3C2C2CCCCC2C3[Si](C)(C)C2CCCC2)cc1. The van der Waals surface area contributed by atoms with Gasteiger partial charge in [0.25, 0.3) is 0 Å². The zero-order chi connectivity index (χ0) is 22.0. The first-order valence-corrected chi connectivity index (χ1v) is 17.5. The average Bonchev–Trinajstić information content (AvgIpc) is 3.49. The maximum atomic E-state index is 3.07. The highest BCUT2D eigenvalue weighted by atomic mass is 28.3. The summed E-state index contributed by atoms with van der Waals surface area (Å²) in [7, 11) is -1.30. The quantitative estimate of drug-likeness (QED) is 0.418. The molecule has 6 rings (SSSR count). The van der Waals surface area contributed by atoms with Crippen LogP contribution in [0, 0.1) is 36.5 Å². The Morgan fingerprint density at radius 1 is 0.781 bits per heavy atom. The van der Waals surface area contributed by atoms with Crippen LogP contribution in [0.3, 0.4) is 0 Å². The van der Waals surface area contributed by atoms with Crippen molar-refractivity contribution < 1.29 is 0 Å². The van der Waals surface area contributed by atoms with E-state index in [1.54, 1.807) is 24.9 Å². The van der Waals surface area contributed by atoms with Gasteiger partial charge in [-0.3, -0.25) is 0 Å². The number of benzene rings is 1. The van der Waals surface area contributed by atoms with Gasteiger partial charge in [-0.2, -0.15) is 0 Å². The summed E-state index contributed by atoms with van der Waals surface area (Å²) in [6.45, 7) is 10.6. The lowest BCUT2D eigenvalue weighted by atomic mass is 9.73. The Morgan fingerprint density at radius 2 is 1.44 bits per heavy atom. The zero-order valence-electron chi connectivity index (χ0n) is 21.2. The van der Waals surface area contributed by atoms with Crippen molar-refractivity contribution in [2.24, 2.45) is 29.6 Å². The fraction of sp³-hybridized carbons (Fsp3) is 0.800. The molecule has 1 aromatic carbocycles. The van der Waals surface area contributed by atoms with Crippen molar-refractivity contribution >= 4 is 13.8 Å². The van der Waals surface area contributed by atoms with Crippen molar-refractivity contribution in [2.75, 3.05) is 4.90 Å². The van der Waals surface area contributed by atoms with E-state index in [1.165, 1.54) is 56.9 Å². The molecule has 0 bridgehead atoms. The fourth-order valence-corrected chi connectivity index (χ4v) is 15.6. The first-order valence-electron chi connectivity index (χ1n) is 14.3. The lowest BCUT2D eigenvalue weighted by molar-refractivity contribution is 0.205. The van der Waals surface area contributed by atoms with Crippen LogP contribution in [0.4, 0.5) is 5.69 Å². The summed E-state index contributed by atoms with van der Waals surface area (Å²) >= 11 is 0. The minimum atomic E-state index is -1.30. The van der Waals surface area contributed by atoms with Gasteiger partial charge in [0, 0.05) is 17.8 Å². The summed E-state index contributed by atoms with van der Waals surface area (Å²) in [6, 6.07) is 11.4. The Morgan fingerprint density at radius 3 is 2.16 bits per heavy atom. The fourth-order valence-electron chi connectivity index (χ4n) is 10.2. The summed E-state index contributed by atoms with van der Waals surface area (Å²) in [5, 5.41) is 0. The second-order valence-corrected chi connectivity index (χ2v) is 18.5. The van der Waals surface area contributed by atoms with E-state index < -0.39 is 8.07 Å². The van der Waals surface area contributed by atoms with Gasteiger partial charge in [0.1, 0.15) is 0 Å². The van der Waals surface area contributed by atoms with E-state index in [0.717, 1.165) is 52.8 Å². The third kappa shape index (κ3) is 3.29. The maximum absolute atomic E-state index is 3.07. The van der Waals surface area contributed by atoms with Gasteiger partial charge in [-0.25, -0.2) is 0 Å². The van der Waals surface area contributed by atoms with Gasteiger partial charge in [0.15, 0.2) is 0 Å². The summed E-state index contributed by atoms with van der Waals surface area (Å²) in [5.74, 6) is 4.93. The van der Waals surface area contributed by atoms with E-state index in [0.29, 0.717) is 0 Å². The molecule has 4 saturated carbocycles. The van der Waals surface area contributed by atoms with Crippen LogP contribution in [0.2, 0.25) is 24.2 Å². The van der Waals surface area contributed by atoms with E-state index in [9.17, 15) is 0 Å².